The Balaban J connectivity index is 0.000000172. The second kappa shape index (κ2) is 22.2. The maximum atomic E-state index is 10.4. The minimum Gasteiger partial charge on any atom is -0.432 e. The number of carbonyl (C=O) groups is 1. The smallest absolute Gasteiger partial charge is 0.410 e. The SMILES string of the molecule is CB(O)N1CCCCc2ccc(CCC=O)nc21.CB(O)N1CCCCc2ccc(Cl)nc21.CCOC(CCB1C2CCCC1CCC2)OCC. The van der Waals surface area contributed by atoms with Crippen molar-refractivity contribution in [2.45, 2.75) is 148 Å². The first kappa shape index (κ1) is 41.6. The molecule has 0 atom stereocenters. The Morgan fingerprint density at radius 2 is 1.37 bits per heavy atom. The highest BCUT2D eigenvalue weighted by Gasteiger charge is 2.38. The number of hydrogen-bond acceptors (Lipinski definition) is 9. The summed E-state index contributed by atoms with van der Waals surface area (Å²) in [5, 5.41) is 20.0. The van der Waals surface area contributed by atoms with Gasteiger partial charge < -0.3 is 33.9 Å². The molecule has 4 aliphatic rings. The number of aldehydes is 1. The maximum absolute atomic E-state index is 10.4. The molecule has 13 heteroatoms. The molecule has 2 fully saturated rings. The highest BCUT2D eigenvalue weighted by Crippen LogP contribution is 2.48. The molecule has 2 saturated heterocycles. The van der Waals surface area contributed by atoms with Crippen molar-refractivity contribution in [3.8, 4) is 0 Å². The number of rotatable bonds is 12. The average Bonchev–Trinajstić information content (AvgIpc) is 3.46. The van der Waals surface area contributed by atoms with E-state index in [2.05, 4.69) is 29.9 Å². The molecular weight excluding hydrogens is 660 g/mol. The van der Waals surface area contributed by atoms with Crippen LogP contribution in [0.4, 0.5) is 11.6 Å². The third-order valence-corrected chi connectivity index (χ3v) is 11.3. The molecule has 51 heavy (non-hydrogen) atoms. The van der Waals surface area contributed by atoms with Crippen LogP contribution >= 0.6 is 11.6 Å². The second-order valence-corrected chi connectivity index (χ2v) is 15.0. The van der Waals surface area contributed by atoms with E-state index in [1.54, 1.807) is 13.6 Å². The van der Waals surface area contributed by atoms with Crippen molar-refractivity contribution in [2.24, 2.45) is 0 Å². The van der Waals surface area contributed by atoms with Gasteiger partial charge in [-0.2, -0.15) is 0 Å². The van der Waals surface area contributed by atoms with Crippen LogP contribution in [0.1, 0.15) is 108 Å². The first-order valence-corrected chi connectivity index (χ1v) is 20.3. The summed E-state index contributed by atoms with van der Waals surface area (Å²) in [5.41, 5.74) is 3.30. The van der Waals surface area contributed by atoms with Gasteiger partial charge in [0.2, 0.25) is 0 Å². The molecule has 0 unspecified atom stereocenters. The first-order valence-electron chi connectivity index (χ1n) is 20.0. The summed E-state index contributed by atoms with van der Waals surface area (Å²) in [6, 6.07) is 7.90. The minimum atomic E-state index is -0.518. The lowest BCUT2D eigenvalue weighted by Gasteiger charge is -2.41. The number of pyridine rings is 2. The van der Waals surface area contributed by atoms with E-state index in [1.807, 2.05) is 27.8 Å². The molecule has 2 aromatic rings. The van der Waals surface area contributed by atoms with Crippen LogP contribution in [0.3, 0.4) is 0 Å². The van der Waals surface area contributed by atoms with E-state index in [0.29, 0.717) is 18.0 Å². The normalized spacial score (nSPS) is 19.7. The summed E-state index contributed by atoms with van der Waals surface area (Å²) in [6.07, 6.45) is 19.9. The molecule has 0 amide bonds. The molecule has 0 radical (unpaired) electrons. The summed E-state index contributed by atoms with van der Waals surface area (Å²) in [4.78, 5) is 23.2. The number of hydrogen-bond donors (Lipinski definition) is 2. The number of anilines is 2. The number of halogens is 1. The molecule has 0 aromatic carbocycles. The van der Waals surface area contributed by atoms with Crippen molar-refractivity contribution in [3.05, 3.63) is 46.2 Å². The van der Waals surface area contributed by atoms with E-state index in [9.17, 15) is 14.8 Å². The van der Waals surface area contributed by atoms with Crippen LogP contribution in [-0.2, 0) is 33.5 Å². The van der Waals surface area contributed by atoms with Crippen LogP contribution in [0.2, 0.25) is 36.8 Å². The lowest BCUT2D eigenvalue weighted by Crippen LogP contribution is -2.38. The third-order valence-electron chi connectivity index (χ3n) is 11.0. The minimum absolute atomic E-state index is 0.0441. The molecular formula is C38H62B3ClN4O5. The molecule has 6 heterocycles. The second-order valence-electron chi connectivity index (χ2n) is 14.6. The van der Waals surface area contributed by atoms with Gasteiger partial charge in [-0.15, -0.1) is 0 Å². The standard InChI is InChI=1S/C15H29BO2.C13H19BN2O2.C10H14BClN2O/c1-3-17-15(18-4-2)11-12-16-13-7-5-8-14(16)10-6-9-13;1-14(18)16-9-3-2-5-11-7-8-12(6-4-10-17)15-13(11)16;1-11(15)14-7-3-2-4-8-5-6-9(12)13-10(8)14/h13-15H,3-12H2,1-2H3;7-8,10,18H,2-6,9H2,1H3;5-6,15H,2-4,7H2,1H3. The van der Waals surface area contributed by atoms with E-state index in [0.717, 1.165) is 113 Å². The first-order chi connectivity index (χ1) is 24.7. The lowest BCUT2D eigenvalue weighted by atomic mass is 9.26. The Hall–Kier alpha value is -2.11. The van der Waals surface area contributed by atoms with Gasteiger partial charge >= 0.3 is 14.1 Å². The fraction of sp³-hybridized carbons (Fsp3) is 0.711. The monoisotopic (exact) mass is 722 g/mol. The molecule has 9 nitrogen and oxygen atoms in total. The largest absolute Gasteiger partial charge is 0.432 e. The quantitative estimate of drug-likeness (QED) is 0.0981. The summed E-state index contributed by atoms with van der Waals surface area (Å²) in [6.45, 7) is 11.8. The van der Waals surface area contributed by atoms with Gasteiger partial charge in [-0.3, -0.25) is 0 Å². The van der Waals surface area contributed by atoms with Crippen LogP contribution in [0.15, 0.2) is 24.3 Å². The van der Waals surface area contributed by atoms with Crippen LogP contribution in [0.25, 0.3) is 0 Å². The zero-order chi connectivity index (χ0) is 36.6. The van der Waals surface area contributed by atoms with Gasteiger partial charge in [0.05, 0.1) is 0 Å². The van der Waals surface area contributed by atoms with Crippen LogP contribution in [-0.4, -0.2) is 79.7 Å². The number of fused-ring (bicyclic) bond motifs is 4. The number of aryl methyl sites for hydroxylation is 3. The average molecular weight is 723 g/mol. The molecule has 0 spiro atoms. The molecule has 2 bridgehead atoms. The number of nitrogens with zero attached hydrogens (tertiary/aromatic N) is 4. The fourth-order valence-corrected chi connectivity index (χ4v) is 8.68. The Kier molecular flexibility index (Phi) is 18.1. The van der Waals surface area contributed by atoms with Crippen molar-refractivity contribution in [2.75, 3.05) is 35.9 Å². The lowest BCUT2D eigenvalue weighted by molar-refractivity contribution is -0.136. The number of aromatic nitrogens is 2. The summed E-state index contributed by atoms with van der Waals surface area (Å²) in [5.74, 6) is 3.77. The number of ether oxygens (including phenoxy) is 2. The summed E-state index contributed by atoms with van der Waals surface area (Å²) >= 11 is 5.88. The maximum Gasteiger partial charge on any atom is 0.410 e. The van der Waals surface area contributed by atoms with Crippen LogP contribution in [0.5, 0.6) is 0 Å². The fourth-order valence-electron chi connectivity index (χ4n) is 8.54. The van der Waals surface area contributed by atoms with Crippen molar-refractivity contribution < 1.29 is 24.3 Å². The summed E-state index contributed by atoms with van der Waals surface area (Å²) < 4.78 is 11.3. The Labute approximate surface area is 314 Å². The van der Waals surface area contributed by atoms with E-state index in [-0.39, 0.29) is 6.29 Å². The van der Waals surface area contributed by atoms with Crippen molar-refractivity contribution in [3.63, 3.8) is 0 Å². The zero-order valence-corrected chi connectivity index (χ0v) is 32.5. The Bertz CT molecular complexity index is 1300. The van der Waals surface area contributed by atoms with Gasteiger partial charge in [0, 0.05) is 38.4 Å². The van der Waals surface area contributed by atoms with Crippen molar-refractivity contribution >= 4 is 50.3 Å². The Morgan fingerprint density at radius 1 is 0.843 bits per heavy atom. The highest BCUT2D eigenvalue weighted by atomic mass is 35.5. The highest BCUT2D eigenvalue weighted by molar-refractivity contribution is 6.62. The van der Waals surface area contributed by atoms with Gasteiger partial charge in [0.25, 0.3) is 0 Å². The predicted octanol–water partition coefficient (Wildman–Crippen LogP) is 7.83. The van der Waals surface area contributed by atoms with Crippen LogP contribution < -0.4 is 9.62 Å². The molecule has 2 aromatic heterocycles. The molecule has 0 saturated carbocycles. The molecule has 2 N–H and O–H groups in total. The van der Waals surface area contributed by atoms with Crippen molar-refractivity contribution in [1.82, 2.24) is 9.97 Å². The van der Waals surface area contributed by atoms with Gasteiger partial charge in [-0.25, -0.2) is 9.97 Å². The molecule has 280 valence electrons. The van der Waals surface area contributed by atoms with E-state index in [4.69, 9.17) is 21.1 Å². The Morgan fingerprint density at radius 3 is 1.88 bits per heavy atom. The molecule has 0 aliphatic carbocycles. The van der Waals surface area contributed by atoms with Gasteiger partial charge in [0.1, 0.15) is 29.8 Å². The summed E-state index contributed by atoms with van der Waals surface area (Å²) in [7, 11) is -1.02. The topological polar surface area (TPSA) is 108 Å². The van der Waals surface area contributed by atoms with E-state index < -0.39 is 14.1 Å². The van der Waals surface area contributed by atoms with Crippen LogP contribution in [0, 0.1) is 0 Å². The van der Waals surface area contributed by atoms with Gasteiger partial charge in [0.15, 0.2) is 6.29 Å². The van der Waals surface area contributed by atoms with Crippen molar-refractivity contribution in [1.29, 1.82) is 0 Å². The molecule has 6 rings (SSSR count). The third kappa shape index (κ3) is 12.8. The van der Waals surface area contributed by atoms with Gasteiger partial charge in [-0.1, -0.05) is 80.2 Å². The zero-order valence-electron chi connectivity index (χ0n) is 31.8. The predicted molar refractivity (Wildman–Crippen MR) is 214 cm³/mol. The van der Waals surface area contributed by atoms with E-state index >= 15 is 0 Å². The van der Waals surface area contributed by atoms with E-state index in [1.165, 1.54) is 56.0 Å². The number of carbonyl (C=O) groups excluding carboxylic acids is 1. The molecule has 4 aliphatic heterocycles. The van der Waals surface area contributed by atoms with Gasteiger partial charge in [-0.05, 0) is 102 Å².